The van der Waals surface area contributed by atoms with Gasteiger partial charge >= 0.3 is 0 Å². The third-order valence-electron chi connectivity index (χ3n) is 3.40. The Bertz CT molecular complexity index is 532. The number of rotatable bonds is 6. The number of anilines is 2. The predicted molar refractivity (Wildman–Crippen MR) is 88.4 cm³/mol. The molecule has 0 radical (unpaired) electrons. The fourth-order valence-corrected chi connectivity index (χ4v) is 2.56. The molecule has 1 aromatic heterocycles. The van der Waals surface area contributed by atoms with Crippen LogP contribution < -0.4 is 10.2 Å². The summed E-state index contributed by atoms with van der Waals surface area (Å²) in [5, 5.41) is 3.44. The normalized spacial score (nSPS) is 12.2. The van der Waals surface area contributed by atoms with Crippen molar-refractivity contribution >= 4 is 27.3 Å². The maximum Gasteiger partial charge on any atom is 0.169 e. The van der Waals surface area contributed by atoms with Crippen LogP contribution in [0.25, 0.3) is 0 Å². The van der Waals surface area contributed by atoms with Crippen molar-refractivity contribution in [2.24, 2.45) is 0 Å². The summed E-state index contributed by atoms with van der Waals surface area (Å²) in [4.78, 5) is 2.33. The molecule has 0 aliphatic heterocycles. The average Bonchev–Trinajstić information content (AvgIpc) is 2.89. The lowest BCUT2D eigenvalue weighted by molar-refractivity contribution is 0.471. The summed E-state index contributed by atoms with van der Waals surface area (Å²) in [5.74, 6) is 0.921. The molecular weight excluding hydrogens is 316 g/mol. The van der Waals surface area contributed by atoms with Crippen molar-refractivity contribution < 1.29 is 4.42 Å². The van der Waals surface area contributed by atoms with E-state index in [0.717, 1.165) is 29.2 Å². The molecule has 0 amide bonds. The summed E-state index contributed by atoms with van der Waals surface area (Å²) in [5.41, 5.74) is 2.36. The van der Waals surface area contributed by atoms with Crippen molar-refractivity contribution in [1.29, 1.82) is 0 Å². The molecule has 3 nitrogen and oxygen atoms in total. The number of nitrogens with zero attached hydrogens (tertiary/aromatic N) is 1. The van der Waals surface area contributed by atoms with Crippen molar-refractivity contribution in [3.8, 4) is 0 Å². The summed E-state index contributed by atoms with van der Waals surface area (Å²) in [6.45, 7) is 8.49. The van der Waals surface area contributed by atoms with Gasteiger partial charge in [-0.25, -0.2) is 0 Å². The largest absolute Gasteiger partial charge is 0.452 e. The molecule has 20 heavy (non-hydrogen) atoms. The van der Waals surface area contributed by atoms with E-state index in [1.165, 1.54) is 5.69 Å². The molecule has 1 unspecified atom stereocenters. The van der Waals surface area contributed by atoms with Crippen molar-refractivity contribution in [1.82, 2.24) is 0 Å². The van der Waals surface area contributed by atoms with Gasteiger partial charge in [0.05, 0.1) is 6.04 Å². The summed E-state index contributed by atoms with van der Waals surface area (Å²) < 4.78 is 6.32. The third-order valence-corrected chi connectivity index (χ3v) is 3.83. The van der Waals surface area contributed by atoms with Gasteiger partial charge < -0.3 is 14.6 Å². The number of hydrogen-bond acceptors (Lipinski definition) is 3. The second-order valence-corrected chi connectivity index (χ2v) is 5.51. The molecule has 108 valence electrons. The van der Waals surface area contributed by atoms with E-state index < -0.39 is 0 Å². The highest BCUT2D eigenvalue weighted by atomic mass is 79.9. The lowest BCUT2D eigenvalue weighted by Crippen LogP contribution is -2.21. The molecule has 1 aromatic carbocycles. The Morgan fingerprint density at radius 3 is 2.25 bits per heavy atom. The van der Waals surface area contributed by atoms with Gasteiger partial charge in [-0.1, -0.05) is 0 Å². The fourth-order valence-electron chi connectivity index (χ4n) is 2.24. The maximum absolute atomic E-state index is 5.56. The summed E-state index contributed by atoms with van der Waals surface area (Å²) >= 11 is 3.33. The van der Waals surface area contributed by atoms with Crippen LogP contribution in [-0.2, 0) is 0 Å². The van der Waals surface area contributed by atoms with Crippen LogP contribution in [0.1, 0.15) is 32.6 Å². The molecule has 2 aromatic rings. The zero-order valence-electron chi connectivity index (χ0n) is 12.2. The van der Waals surface area contributed by atoms with Gasteiger partial charge in [0.25, 0.3) is 0 Å². The van der Waals surface area contributed by atoms with Crippen molar-refractivity contribution in [2.45, 2.75) is 26.8 Å². The SMILES string of the molecule is CCN(CC)c1ccc(NC(C)c2ccc(Br)o2)cc1. The molecule has 1 N–H and O–H groups in total. The maximum atomic E-state index is 5.56. The zero-order valence-corrected chi connectivity index (χ0v) is 13.8. The van der Waals surface area contributed by atoms with Crippen molar-refractivity contribution in [2.75, 3.05) is 23.3 Å². The molecule has 0 bridgehead atoms. The lowest BCUT2D eigenvalue weighted by Gasteiger charge is -2.21. The van der Waals surface area contributed by atoms with Gasteiger partial charge in [0, 0.05) is 24.5 Å². The van der Waals surface area contributed by atoms with Crippen LogP contribution in [0.4, 0.5) is 11.4 Å². The quantitative estimate of drug-likeness (QED) is 0.798. The van der Waals surface area contributed by atoms with E-state index in [-0.39, 0.29) is 6.04 Å². The highest BCUT2D eigenvalue weighted by Gasteiger charge is 2.10. The first-order valence-electron chi connectivity index (χ1n) is 7.00. The average molecular weight is 337 g/mol. The van der Waals surface area contributed by atoms with E-state index >= 15 is 0 Å². The molecule has 2 rings (SSSR count). The monoisotopic (exact) mass is 336 g/mol. The van der Waals surface area contributed by atoms with Crippen LogP contribution in [0.3, 0.4) is 0 Å². The minimum absolute atomic E-state index is 0.139. The number of benzene rings is 1. The van der Waals surface area contributed by atoms with Crippen LogP contribution in [0.15, 0.2) is 45.5 Å². The number of nitrogens with one attached hydrogen (secondary N) is 1. The second-order valence-electron chi connectivity index (χ2n) is 4.73. The topological polar surface area (TPSA) is 28.4 Å². The molecule has 0 spiro atoms. The van der Waals surface area contributed by atoms with E-state index in [9.17, 15) is 0 Å². The van der Waals surface area contributed by atoms with E-state index in [1.807, 2.05) is 12.1 Å². The summed E-state index contributed by atoms with van der Waals surface area (Å²) in [6, 6.07) is 12.6. The van der Waals surface area contributed by atoms with Crippen LogP contribution in [0.2, 0.25) is 0 Å². The van der Waals surface area contributed by atoms with E-state index in [0.29, 0.717) is 0 Å². The first kappa shape index (κ1) is 15.0. The summed E-state index contributed by atoms with van der Waals surface area (Å²) in [7, 11) is 0. The van der Waals surface area contributed by atoms with E-state index in [4.69, 9.17) is 4.42 Å². The lowest BCUT2D eigenvalue weighted by atomic mass is 10.2. The second kappa shape index (κ2) is 6.84. The summed E-state index contributed by atoms with van der Waals surface area (Å²) in [6.07, 6.45) is 0. The smallest absolute Gasteiger partial charge is 0.169 e. The molecule has 0 fully saturated rings. The first-order valence-corrected chi connectivity index (χ1v) is 7.80. The Morgan fingerprint density at radius 2 is 1.75 bits per heavy atom. The Hall–Kier alpha value is -1.42. The molecule has 4 heteroatoms. The minimum atomic E-state index is 0.139. The number of furan rings is 1. The molecule has 1 atom stereocenters. The van der Waals surface area contributed by atoms with Crippen LogP contribution in [0.5, 0.6) is 0 Å². The van der Waals surface area contributed by atoms with Gasteiger partial charge in [0.1, 0.15) is 5.76 Å². The van der Waals surface area contributed by atoms with Gasteiger partial charge in [-0.2, -0.15) is 0 Å². The Morgan fingerprint density at radius 1 is 1.10 bits per heavy atom. The van der Waals surface area contributed by atoms with Crippen LogP contribution in [0, 0.1) is 0 Å². The zero-order chi connectivity index (χ0) is 14.5. The van der Waals surface area contributed by atoms with Crippen molar-refractivity contribution in [3.05, 3.63) is 46.8 Å². The molecule has 0 aliphatic rings. The van der Waals surface area contributed by atoms with Crippen molar-refractivity contribution in [3.63, 3.8) is 0 Å². The Kier molecular flexibility index (Phi) is 5.12. The standard InChI is InChI=1S/C16H21BrN2O/c1-4-19(5-2)14-8-6-13(7-9-14)18-12(3)15-10-11-16(17)20-15/h6-12,18H,4-5H2,1-3H3. The highest BCUT2D eigenvalue weighted by Crippen LogP contribution is 2.25. The molecule has 0 aliphatic carbocycles. The van der Waals surface area contributed by atoms with Gasteiger partial charge in [0.15, 0.2) is 4.67 Å². The fraction of sp³-hybridized carbons (Fsp3) is 0.375. The minimum Gasteiger partial charge on any atom is -0.452 e. The predicted octanol–water partition coefficient (Wildman–Crippen LogP) is 5.06. The molecule has 0 saturated carbocycles. The van der Waals surface area contributed by atoms with Gasteiger partial charge in [0.2, 0.25) is 0 Å². The molecule has 0 saturated heterocycles. The molecular formula is C16H21BrN2O. The van der Waals surface area contributed by atoms with E-state index in [1.54, 1.807) is 0 Å². The molecule has 1 heterocycles. The number of halogens is 1. The van der Waals surface area contributed by atoms with Gasteiger partial charge in [-0.3, -0.25) is 0 Å². The van der Waals surface area contributed by atoms with Gasteiger partial charge in [-0.15, -0.1) is 0 Å². The Labute approximate surface area is 129 Å². The van der Waals surface area contributed by atoms with Gasteiger partial charge in [-0.05, 0) is 73.1 Å². The Balaban J connectivity index is 2.03. The number of hydrogen-bond donors (Lipinski definition) is 1. The van der Waals surface area contributed by atoms with Crippen LogP contribution >= 0.6 is 15.9 Å². The van der Waals surface area contributed by atoms with Crippen LogP contribution in [-0.4, -0.2) is 13.1 Å². The first-order chi connectivity index (χ1) is 9.63. The third kappa shape index (κ3) is 3.57. The highest BCUT2D eigenvalue weighted by molar-refractivity contribution is 9.10. The van der Waals surface area contributed by atoms with E-state index in [2.05, 4.69) is 71.2 Å².